The van der Waals surface area contributed by atoms with Gasteiger partial charge < -0.3 is 0 Å². The number of nitrogens with zero attached hydrogens (tertiary/aromatic N) is 1. The average molecular weight is 227 g/mol. The molecule has 0 aliphatic heterocycles. The summed E-state index contributed by atoms with van der Waals surface area (Å²) in [5, 5.41) is 0. The molecule has 0 rings (SSSR count). The lowest BCUT2D eigenvalue weighted by atomic mass is 10.2. The highest BCUT2D eigenvalue weighted by atomic mass is 14.7. The molecule has 0 aromatic rings. The molecule has 0 bridgehead atoms. The molecule has 0 amide bonds. The molecule has 1 heteroatoms. The second-order valence-corrected chi connectivity index (χ2v) is 3.35. The van der Waals surface area contributed by atoms with Crippen LogP contribution in [0.15, 0.2) is 77.9 Å². The lowest BCUT2D eigenvalue weighted by Crippen LogP contribution is -1.87. The zero-order valence-corrected chi connectivity index (χ0v) is 10.8. The van der Waals surface area contributed by atoms with E-state index in [1.807, 2.05) is 56.5 Å². The first kappa shape index (κ1) is 15.1. The third-order valence-electron chi connectivity index (χ3n) is 1.90. The SMILES string of the molecule is C=C/C=C(C=NCC(/C=C\C)=C/C=C)\C=C/C. The van der Waals surface area contributed by atoms with Crippen LogP contribution in [0, 0.1) is 0 Å². The van der Waals surface area contributed by atoms with E-state index in [4.69, 9.17) is 0 Å². The fourth-order valence-electron chi connectivity index (χ4n) is 1.25. The topological polar surface area (TPSA) is 12.4 Å². The van der Waals surface area contributed by atoms with Crippen LogP contribution in [0.25, 0.3) is 0 Å². The minimum atomic E-state index is 0.655. The Balaban J connectivity index is 4.61. The summed E-state index contributed by atoms with van der Waals surface area (Å²) in [4.78, 5) is 4.39. The summed E-state index contributed by atoms with van der Waals surface area (Å²) in [6.45, 7) is 12.0. The van der Waals surface area contributed by atoms with Gasteiger partial charge in [0, 0.05) is 6.21 Å². The van der Waals surface area contributed by atoms with Crippen molar-refractivity contribution in [3.05, 3.63) is 72.9 Å². The summed E-state index contributed by atoms with van der Waals surface area (Å²) < 4.78 is 0. The largest absolute Gasteiger partial charge is 0.288 e. The predicted molar refractivity (Wildman–Crippen MR) is 79.5 cm³/mol. The highest BCUT2D eigenvalue weighted by molar-refractivity contribution is 5.82. The zero-order chi connectivity index (χ0) is 12.9. The molecular weight excluding hydrogens is 206 g/mol. The van der Waals surface area contributed by atoms with Crippen LogP contribution in [0.4, 0.5) is 0 Å². The van der Waals surface area contributed by atoms with Gasteiger partial charge in [-0.1, -0.05) is 61.8 Å². The molecule has 0 aromatic heterocycles. The first-order valence-electron chi connectivity index (χ1n) is 5.68. The Morgan fingerprint density at radius 1 is 1.00 bits per heavy atom. The van der Waals surface area contributed by atoms with Crippen molar-refractivity contribution in [3.8, 4) is 0 Å². The molecule has 0 saturated carbocycles. The van der Waals surface area contributed by atoms with Gasteiger partial charge in [0.2, 0.25) is 0 Å². The van der Waals surface area contributed by atoms with Crippen molar-refractivity contribution in [1.82, 2.24) is 0 Å². The van der Waals surface area contributed by atoms with Crippen LogP contribution in [0.5, 0.6) is 0 Å². The van der Waals surface area contributed by atoms with Crippen LogP contribution in [-0.2, 0) is 0 Å². The molecular formula is C16H21N. The Bertz CT molecular complexity index is 376. The summed E-state index contributed by atoms with van der Waals surface area (Å²) in [5.74, 6) is 0. The summed E-state index contributed by atoms with van der Waals surface area (Å²) >= 11 is 0. The van der Waals surface area contributed by atoms with Crippen molar-refractivity contribution in [2.45, 2.75) is 13.8 Å². The molecule has 0 spiro atoms. The second kappa shape index (κ2) is 10.6. The quantitative estimate of drug-likeness (QED) is 0.450. The van der Waals surface area contributed by atoms with Crippen LogP contribution in [0.3, 0.4) is 0 Å². The first-order valence-corrected chi connectivity index (χ1v) is 5.68. The van der Waals surface area contributed by atoms with E-state index >= 15 is 0 Å². The molecule has 0 aromatic carbocycles. The summed E-state index contributed by atoms with van der Waals surface area (Å²) in [6, 6.07) is 0. The lowest BCUT2D eigenvalue weighted by Gasteiger charge is -1.96. The van der Waals surface area contributed by atoms with Gasteiger partial charge in [0.25, 0.3) is 0 Å². The van der Waals surface area contributed by atoms with Crippen LogP contribution in [0.2, 0.25) is 0 Å². The van der Waals surface area contributed by atoms with Crippen molar-refractivity contribution >= 4 is 6.21 Å². The van der Waals surface area contributed by atoms with Crippen molar-refractivity contribution in [1.29, 1.82) is 0 Å². The molecule has 0 radical (unpaired) electrons. The maximum absolute atomic E-state index is 4.39. The Hall–Kier alpha value is -1.89. The highest BCUT2D eigenvalue weighted by Gasteiger charge is 1.88. The van der Waals surface area contributed by atoms with Crippen molar-refractivity contribution in [2.24, 2.45) is 4.99 Å². The van der Waals surface area contributed by atoms with Gasteiger partial charge >= 0.3 is 0 Å². The van der Waals surface area contributed by atoms with Gasteiger partial charge in [-0.25, -0.2) is 0 Å². The maximum Gasteiger partial charge on any atom is 0.0639 e. The third-order valence-corrected chi connectivity index (χ3v) is 1.90. The van der Waals surface area contributed by atoms with Gasteiger partial charge in [0.05, 0.1) is 6.54 Å². The first-order chi connectivity index (χ1) is 8.28. The van der Waals surface area contributed by atoms with Crippen LogP contribution in [-0.4, -0.2) is 12.8 Å². The van der Waals surface area contributed by atoms with Crippen molar-refractivity contribution in [2.75, 3.05) is 6.54 Å². The molecule has 0 atom stereocenters. The fourth-order valence-corrected chi connectivity index (χ4v) is 1.25. The Morgan fingerprint density at radius 3 is 2.18 bits per heavy atom. The molecule has 90 valence electrons. The molecule has 0 unspecified atom stereocenters. The van der Waals surface area contributed by atoms with Gasteiger partial charge in [-0.05, 0) is 25.0 Å². The van der Waals surface area contributed by atoms with E-state index < -0.39 is 0 Å². The molecule has 0 N–H and O–H groups in total. The van der Waals surface area contributed by atoms with Gasteiger partial charge in [0.15, 0.2) is 0 Å². The van der Waals surface area contributed by atoms with E-state index in [1.54, 1.807) is 12.2 Å². The van der Waals surface area contributed by atoms with Crippen molar-refractivity contribution < 1.29 is 0 Å². The van der Waals surface area contributed by atoms with Crippen LogP contribution >= 0.6 is 0 Å². The number of aliphatic imine (C=N–C) groups is 1. The minimum Gasteiger partial charge on any atom is -0.288 e. The van der Waals surface area contributed by atoms with Gasteiger partial charge in [-0.3, -0.25) is 4.99 Å². The second-order valence-electron chi connectivity index (χ2n) is 3.35. The number of rotatable bonds is 7. The van der Waals surface area contributed by atoms with E-state index in [-0.39, 0.29) is 0 Å². The van der Waals surface area contributed by atoms with E-state index in [0.717, 1.165) is 11.1 Å². The lowest BCUT2D eigenvalue weighted by molar-refractivity contribution is 1.19. The summed E-state index contributed by atoms with van der Waals surface area (Å²) in [7, 11) is 0. The van der Waals surface area contributed by atoms with E-state index in [0.29, 0.717) is 6.54 Å². The number of allylic oxidation sites excluding steroid dienone is 8. The Morgan fingerprint density at radius 2 is 1.65 bits per heavy atom. The molecule has 0 aliphatic rings. The van der Waals surface area contributed by atoms with E-state index in [2.05, 4.69) is 18.2 Å². The maximum atomic E-state index is 4.39. The Kier molecular flexibility index (Phi) is 9.44. The molecule has 0 saturated heterocycles. The highest BCUT2D eigenvalue weighted by Crippen LogP contribution is 2.00. The monoisotopic (exact) mass is 227 g/mol. The smallest absolute Gasteiger partial charge is 0.0639 e. The van der Waals surface area contributed by atoms with Gasteiger partial charge in [-0.15, -0.1) is 0 Å². The van der Waals surface area contributed by atoms with Crippen molar-refractivity contribution in [3.63, 3.8) is 0 Å². The summed E-state index contributed by atoms with van der Waals surface area (Å²) in [5.41, 5.74) is 2.18. The fraction of sp³-hybridized carbons (Fsp3) is 0.188. The van der Waals surface area contributed by atoms with Gasteiger partial charge in [-0.2, -0.15) is 0 Å². The molecule has 1 nitrogen and oxygen atoms in total. The predicted octanol–water partition coefficient (Wildman–Crippen LogP) is 4.43. The zero-order valence-electron chi connectivity index (χ0n) is 10.8. The molecule has 0 aliphatic carbocycles. The van der Waals surface area contributed by atoms with E-state index in [9.17, 15) is 0 Å². The standard InChI is InChI=1S/C16H21N/c1-5-9-15(10-6-2)13-17-14-16(11-7-3)12-8-4/h5-13H,1,3,14H2,2,4H3/b10-6-,12-8-,15-9+,16-11+,17-13?. The minimum absolute atomic E-state index is 0.655. The number of hydrogen-bond donors (Lipinski definition) is 0. The third kappa shape index (κ3) is 7.97. The number of hydrogen-bond acceptors (Lipinski definition) is 1. The molecule has 17 heavy (non-hydrogen) atoms. The molecule has 0 fully saturated rings. The summed E-state index contributed by atoms with van der Waals surface area (Å²) in [6.07, 6.45) is 17.3. The molecule has 0 heterocycles. The van der Waals surface area contributed by atoms with Crippen LogP contribution < -0.4 is 0 Å². The average Bonchev–Trinajstić information content (AvgIpc) is 2.30. The Labute approximate surface area is 105 Å². The van der Waals surface area contributed by atoms with Gasteiger partial charge in [0.1, 0.15) is 0 Å². The normalized spacial score (nSPS) is 14.0. The van der Waals surface area contributed by atoms with E-state index in [1.165, 1.54) is 0 Å². The van der Waals surface area contributed by atoms with Crippen LogP contribution in [0.1, 0.15) is 13.8 Å².